The van der Waals surface area contributed by atoms with Gasteiger partial charge in [-0.05, 0) is 39.5 Å². The molecule has 0 spiro atoms. The molecule has 0 aromatic carbocycles. The van der Waals surface area contributed by atoms with Crippen molar-refractivity contribution in [2.75, 3.05) is 5.73 Å². The summed E-state index contributed by atoms with van der Waals surface area (Å²) in [4.78, 5) is 16.1. The molecule has 1 aromatic rings. The third kappa shape index (κ3) is 4.80. The van der Waals surface area contributed by atoms with Gasteiger partial charge >= 0.3 is 5.69 Å². The highest BCUT2D eigenvalue weighted by molar-refractivity contribution is 5.35. The highest BCUT2D eigenvalue weighted by Gasteiger charge is 2.41. The minimum absolute atomic E-state index is 0.0565. The standard InChI is InChI=1S/C18H31N3O3/c1-11-10-21(16(22)20-15(11)19)14-8-12(24-18(5,6)7)13(23-14)9-17(2,3)4/h10,12-14H,8-9H2,1-7H3,(H2,19,20,22)/t12?,13-,14-/m1/s1. The molecule has 3 atom stereocenters. The van der Waals surface area contributed by atoms with E-state index in [1.165, 1.54) is 4.57 Å². The van der Waals surface area contributed by atoms with Gasteiger partial charge in [-0.15, -0.1) is 0 Å². The summed E-state index contributed by atoms with van der Waals surface area (Å²) in [7, 11) is 0. The first-order valence-corrected chi connectivity index (χ1v) is 8.54. The predicted molar refractivity (Wildman–Crippen MR) is 94.9 cm³/mol. The van der Waals surface area contributed by atoms with Crippen LogP contribution in [-0.4, -0.2) is 27.4 Å². The van der Waals surface area contributed by atoms with Crippen LogP contribution in [0.2, 0.25) is 0 Å². The molecule has 1 fully saturated rings. The average molecular weight is 337 g/mol. The molecule has 1 unspecified atom stereocenters. The van der Waals surface area contributed by atoms with E-state index in [9.17, 15) is 4.79 Å². The lowest BCUT2D eigenvalue weighted by molar-refractivity contribution is -0.102. The maximum atomic E-state index is 12.2. The number of ether oxygens (including phenoxy) is 2. The first-order chi connectivity index (χ1) is 10.9. The Balaban J connectivity index is 2.28. The number of nitrogen functional groups attached to an aromatic ring is 1. The van der Waals surface area contributed by atoms with E-state index < -0.39 is 0 Å². The summed E-state index contributed by atoms with van der Waals surface area (Å²) in [5.41, 5.74) is 5.95. The van der Waals surface area contributed by atoms with Gasteiger partial charge in [-0.25, -0.2) is 4.79 Å². The molecule has 24 heavy (non-hydrogen) atoms. The predicted octanol–water partition coefficient (Wildman–Crippen LogP) is 3.04. The maximum absolute atomic E-state index is 12.2. The van der Waals surface area contributed by atoms with E-state index >= 15 is 0 Å². The van der Waals surface area contributed by atoms with E-state index in [4.69, 9.17) is 15.2 Å². The first-order valence-electron chi connectivity index (χ1n) is 8.54. The molecule has 0 aliphatic carbocycles. The molecule has 1 aliphatic heterocycles. The number of nitrogens with zero attached hydrogens (tertiary/aromatic N) is 2. The van der Waals surface area contributed by atoms with Crippen LogP contribution in [0.15, 0.2) is 11.0 Å². The van der Waals surface area contributed by atoms with Gasteiger partial charge in [0.15, 0.2) is 0 Å². The van der Waals surface area contributed by atoms with Crippen molar-refractivity contribution in [2.24, 2.45) is 5.41 Å². The van der Waals surface area contributed by atoms with Gasteiger partial charge in [0, 0.05) is 18.2 Å². The van der Waals surface area contributed by atoms with Gasteiger partial charge < -0.3 is 15.2 Å². The van der Waals surface area contributed by atoms with Crippen LogP contribution in [0, 0.1) is 12.3 Å². The summed E-state index contributed by atoms with van der Waals surface area (Å²) >= 11 is 0. The molecule has 2 N–H and O–H groups in total. The Morgan fingerprint density at radius 1 is 1.33 bits per heavy atom. The van der Waals surface area contributed by atoms with Crippen molar-refractivity contribution in [3.05, 3.63) is 22.2 Å². The Morgan fingerprint density at radius 3 is 2.50 bits per heavy atom. The average Bonchev–Trinajstić information content (AvgIpc) is 2.72. The zero-order chi connectivity index (χ0) is 18.3. The van der Waals surface area contributed by atoms with Crippen molar-refractivity contribution < 1.29 is 9.47 Å². The molecule has 136 valence electrons. The van der Waals surface area contributed by atoms with Crippen molar-refractivity contribution in [2.45, 2.75) is 85.3 Å². The fourth-order valence-electron chi connectivity index (χ4n) is 3.02. The fraction of sp³-hybridized carbons (Fsp3) is 0.778. The topological polar surface area (TPSA) is 79.4 Å². The van der Waals surface area contributed by atoms with Crippen LogP contribution in [0.3, 0.4) is 0 Å². The largest absolute Gasteiger partial charge is 0.383 e. The summed E-state index contributed by atoms with van der Waals surface area (Å²) in [6.07, 6.45) is 2.73. The summed E-state index contributed by atoms with van der Waals surface area (Å²) in [5.74, 6) is 0.267. The SMILES string of the molecule is Cc1cn([C@H]2CC(OC(C)(C)C)[C@@H](CC(C)(C)C)O2)c(=O)nc1N. The van der Waals surface area contributed by atoms with Crippen LogP contribution in [0.1, 0.15) is 66.2 Å². The number of hydrogen-bond acceptors (Lipinski definition) is 5. The second-order valence-electron chi connectivity index (χ2n) is 8.90. The Hall–Kier alpha value is -1.40. The Bertz CT molecular complexity index is 616. The second-order valence-corrected chi connectivity index (χ2v) is 8.90. The molecule has 0 radical (unpaired) electrons. The lowest BCUT2D eigenvalue weighted by atomic mass is 9.87. The van der Waals surface area contributed by atoms with E-state index in [0.717, 1.165) is 12.0 Å². The molecule has 0 bridgehead atoms. The smallest absolute Gasteiger partial charge is 0.351 e. The molecule has 0 amide bonds. The van der Waals surface area contributed by atoms with E-state index in [1.54, 1.807) is 6.20 Å². The third-order valence-electron chi connectivity index (χ3n) is 3.98. The van der Waals surface area contributed by atoms with Crippen molar-refractivity contribution >= 4 is 5.82 Å². The van der Waals surface area contributed by atoms with E-state index in [1.807, 2.05) is 27.7 Å². The van der Waals surface area contributed by atoms with Crippen LogP contribution in [0.4, 0.5) is 5.82 Å². The molecule has 0 saturated carbocycles. The Kier molecular flexibility index (Phi) is 5.11. The quantitative estimate of drug-likeness (QED) is 0.917. The molecule has 1 saturated heterocycles. The van der Waals surface area contributed by atoms with Gasteiger partial charge in [0.2, 0.25) is 0 Å². The zero-order valence-corrected chi connectivity index (χ0v) is 15.9. The number of anilines is 1. The second kappa shape index (κ2) is 6.48. The van der Waals surface area contributed by atoms with Gasteiger partial charge in [-0.2, -0.15) is 4.98 Å². The number of nitrogens with two attached hydrogens (primary N) is 1. The molecular formula is C18H31N3O3. The minimum Gasteiger partial charge on any atom is -0.383 e. The van der Waals surface area contributed by atoms with Crippen molar-refractivity contribution in [1.29, 1.82) is 0 Å². The van der Waals surface area contributed by atoms with Crippen LogP contribution < -0.4 is 11.4 Å². The van der Waals surface area contributed by atoms with Crippen molar-refractivity contribution in [3.63, 3.8) is 0 Å². The maximum Gasteiger partial charge on any atom is 0.351 e. The summed E-state index contributed by atoms with van der Waals surface area (Å²) in [6.45, 7) is 14.5. The summed E-state index contributed by atoms with van der Waals surface area (Å²) in [6, 6.07) is 0. The van der Waals surface area contributed by atoms with E-state index in [-0.39, 0.29) is 41.0 Å². The first kappa shape index (κ1) is 18.9. The van der Waals surface area contributed by atoms with Gasteiger partial charge in [-0.3, -0.25) is 4.57 Å². The van der Waals surface area contributed by atoms with E-state index in [0.29, 0.717) is 6.42 Å². The molecule has 6 heteroatoms. The highest BCUT2D eigenvalue weighted by atomic mass is 16.6. The highest BCUT2D eigenvalue weighted by Crippen LogP contribution is 2.38. The van der Waals surface area contributed by atoms with Crippen LogP contribution >= 0.6 is 0 Å². The lowest BCUT2D eigenvalue weighted by Gasteiger charge is -2.31. The summed E-state index contributed by atoms with van der Waals surface area (Å²) in [5, 5.41) is 0. The Labute approximate surface area is 144 Å². The molecule has 1 aliphatic rings. The van der Waals surface area contributed by atoms with Crippen LogP contribution in [0.25, 0.3) is 0 Å². The van der Waals surface area contributed by atoms with Gasteiger partial charge in [-0.1, -0.05) is 20.8 Å². The monoisotopic (exact) mass is 337 g/mol. The van der Waals surface area contributed by atoms with Crippen LogP contribution in [0.5, 0.6) is 0 Å². The molecule has 1 aromatic heterocycles. The normalized spacial score (nSPS) is 25.2. The van der Waals surface area contributed by atoms with Crippen LogP contribution in [-0.2, 0) is 9.47 Å². The molecule has 6 nitrogen and oxygen atoms in total. The number of hydrogen-bond donors (Lipinski definition) is 1. The van der Waals surface area contributed by atoms with Crippen molar-refractivity contribution in [1.82, 2.24) is 9.55 Å². The summed E-state index contributed by atoms with van der Waals surface area (Å²) < 4.78 is 14.0. The third-order valence-corrected chi connectivity index (χ3v) is 3.98. The van der Waals surface area contributed by atoms with E-state index in [2.05, 4.69) is 25.8 Å². The zero-order valence-electron chi connectivity index (χ0n) is 15.9. The lowest BCUT2D eigenvalue weighted by Crippen LogP contribution is -2.35. The number of aromatic nitrogens is 2. The van der Waals surface area contributed by atoms with Crippen molar-refractivity contribution in [3.8, 4) is 0 Å². The molecule has 2 heterocycles. The fourth-order valence-corrected chi connectivity index (χ4v) is 3.02. The Morgan fingerprint density at radius 2 is 1.96 bits per heavy atom. The number of rotatable bonds is 3. The van der Waals surface area contributed by atoms with Gasteiger partial charge in [0.05, 0.1) is 17.8 Å². The van der Waals surface area contributed by atoms with Gasteiger partial charge in [0.1, 0.15) is 12.0 Å². The number of aryl methyl sites for hydroxylation is 1. The minimum atomic E-state index is -0.381. The molecular weight excluding hydrogens is 306 g/mol. The molecule has 2 rings (SSSR count). The van der Waals surface area contributed by atoms with Gasteiger partial charge in [0.25, 0.3) is 0 Å².